The van der Waals surface area contributed by atoms with Gasteiger partial charge in [-0.1, -0.05) is 0 Å². The first-order valence-corrected chi connectivity index (χ1v) is 7.44. The van der Waals surface area contributed by atoms with Gasteiger partial charge < -0.3 is 20.3 Å². The topological polar surface area (TPSA) is 74.6 Å². The summed E-state index contributed by atoms with van der Waals surface area (Å²) in [7, 11) is 0. The highest BCUT2D eigenvalue weighted by Crippen LogP contribution is 2.33. The van der Waals surface area contributed by atoms with E-state index in [9.17, 15) is 10.2 Å². The zero-order valence-corrected chi connectivity index (χ0v) is 11.7. The molecule has 0 spiro atoms. The van der Waals surface area contributed by atoms with Gasteiger partial charge >= 0.3 is 0 Å². The first-order chi connectivity index (χ1) is 9.72. The molecule has 0 unspecified atom stereocenters. The van der Waals surface area contributed by atoms with Crippen LogP contribution in [0.25, 0.3) is 11.3 Å². The molecular weight excluding hydrogens is 276 g/mol. The van der Waals surface area contributed by atoms with Crippen molar-refractivity contribution < 1.29 is 14.9 Å². The van der Waals surface area contributed by atoms with Crippen molar-refractivity contribution in [1.29, 1.82) is 0 Å². The fraction of sp³-hybridized carbons (Fsp3) is 0.357. The summed E-state index contributed by atoms with van der Waals surface area (Å²) in [6.07, 6.45) is 2.48. The molecule has 3 rings (SSSR count). The number of benzene rings is 1. The molecule has 1 aromatic carbocycles. The van der Waals surface area contributed by atoms with Gasteiger partial charge in [0.15, 0.2) is 5.13 Å². The number of phenolic OH excluding ortho intramolecular Hbond substituents is 2. The number of hydrogen-bond acceptors (Lipinski definition) is 6. The summed E-state index contributed by atoms with van der Waals surface area (Å²) in [6.45, 7) is 1.60. The van der Waals surface area contributed by atoms with Crippen LogP contribution in [0.5, 0.6) is 11.5 Å². The van der Waals surface area contributed by atoms with Crippen LogP contribution in [0.2, 0.25) is 0 Å². The fourth-order valence-corrected chi connectivity index (χ4v) is 2.94. The molecule has 1 aliphatic rings. The molecule has 1 aromatic heterocycles. The van der Waals surface area contributed by atoms with Crippen LogP contribution in [-0.2, 0) is 4.74 Å². The Balaban J connectivity index is 1.69. The van der Waals surface area contributed by atoms with Crippen molar-refractivity contribution in [2.45, 2.75) is 18.9 Å². The lowest BCUT2D eigenvalue weighted by Crippen LogP contribution is -2.18. The van der Waals surface area contributed by atoms with Gasteiger partial charge in [-0.05, 0) is 25.0 Å². The van der Waals surface area contributed by atoms with Gasteiger partial charge in [-0.2, -0.15) is 0 Å². The zero-order valence-electron chi connectivity index (χ0n) is 10.9. The monoisotopic (exact) mass is 292 g/mol. The van der Waals surface area contributed by atoms with Crippen molar-refractivity contribution in [1.82, 2.24) is 4.98 Å². The predicted octanol–water partition coefficient (Wildman–Crippen LogP) is 2.81. The highest BCUT2D eigenvalue weighted by Gasteiger charge is 2.16. The number of aromatic hydroxyl groups is 2. The molecule has 1 saturated heterocycles. The molecular formula is C14H16N2O3S. The highest BCUT2D eigenvalue weighted by atomic mass is 32.1. The van der Waals surface area contributed by atoms with Gasteiger partial charge in [0.2, 0.25) is 0 Å². The summed E-state index contributed by atoms with van der Waals surface area (Å²) in [5.74, 6) is 0.0687. The number of hydrogen-bond donors (Lipinski definition) is 3. The van der Waals surface area contributed by atoms with Crippen molar-refractivity contribution in [3.8, 4) is 22.8 Å². The number of phenols is 2. The van der Waals surface area contributed by atoms with Crippen molar-refractivity contribution >= 4 is 16.5 Å². The lowest BCUT2D eigenvalue weighted by molar-refractivity contribution is 0.120. The molecule has 2 aromatic rings. The van der Waals surface area contributed by atoms with E-state index in [1.165, 1.54) is 23.5 Å². The second-order valence-corrected chi connectivity index (χ2v) is 5.61. The highest BCUT2D eigenvalue weighted by molar-refractivity contribution is 7.14. The van der Waals surface area contributed by atoms with E-state index in [2.05, 4.69) is 10.3 Å². The Kier molecular flexibility index (Phi) is 3.75. The van der Waals surface area contributed by atoms with Gasteiger partial charge in [0.1, 0.15) is 11.5 Å². The van der Waals surface area contributed by atoms with Crippen molar-refractivity contribution in [3.05, 3.63) is 23.6 Å². The van der Waals surface area contributed by atoms with Gasteiger partial charge in [0.05, 0.1) is 11.8 Å². The summed E-state index contributed by atoms with van der Waals surface area (Å²) in [4.78, 5) is 4.44. The molecule has 5 nitrogen and oxygen atoms in total. The lowest BCUT2D eigenvalue weighted by atomic mass is 10.1. The maximum Gasteiger partial charge on any atom is 0.183 e. The van der Waals surface area contributed by atoms with Crippen LogP contribution in [-0.4, -0.2) is 34.5 Å². The van der Waals surface area contributed by atoms with Crippen LogP contribution in [0.15, 0.2) is 23.6 Å². The molecule has 6 heteroatoms. The van der Waals surface area contributed by atoms with Crippen molar-refractivity contribution in [2.75, 3.05) is 18.5 Å². The maximum atomic E-state index is 9.82. The standard InChI is InChI=1S/C14H16N2O3S/c17-9-3-4-11(13(18)6-9)12-8-20-14(16-12)15-7-10-2-1-5-19-10/h3-4,6,8,10,17-18H,1-2,5,7H2,(H,15,16)/t10-/m1/s1. The largest absolute Gasteiger partial charge is 0.508 e. The van der Waals surface area contributed by atoms with Gasteiger partial charge in [-0.3, -0.25) is 0 Å². The predicted molar refractivity (Wildman–Crippen MR) is 78.3 cm³/mol. The molecule has 0 bridgehead atoms. The first kappa shape index (κ1) is 13.2. The van der Waals surface area contributed by atoms with Crippen LogP contribution in [0.1, 0.15) is 12.8 Å². The fourth-order valence-electron chi connectivity index (χ4n) is 2.22. The number of rotatable bonds is 4. The SMILES string of the molecule is Oc1ccc(-c2csc(NC[C@H]3CCCO3)n2)c(O)c1. The van der Waals surface area contributed by atoms with E-state index in [4.69, 9.17) is 4.74 Å². The normalized spacial score (nSPS) is 18.3. The Morgan fingerprint density at radius 3 is 3.05 bits per heavy atom. The first-order valence-electron chi connectivity index (χ1n) is 6.56. The second-order valence-electron chi connectivity index (χ2n) is 4.76. The Morgan fingerprint density at radius 1 is 1.40 bits per heavy atom. The van der Waals surface area contributed by atoms with E-state index >= 15 is 0 Å². The Bertz CT molecular complexity index is 594. The summed E-state index contributed by atoms with van der Waals surface area (Å²) in [5, 5.41) is 25.1. The molecule has 1 atom stereocenters. The number of nitrogens with one attached hydrogen (secondary N) is 1. The van der Waals surface area contributed by atoms with Gasteiger partial charge in [0, 0.05) is 30.2 Å². The minimum atomic E-state index is 0.0287. The minimum Gasteiger partial charge on any atom is -0.508 e. The summed E-state index contributed by atoms with van der Waals surface area (Å²) in [5.41, 5.74) is 1.31. The third-order valence-electron chi connectivity index (χ3n) is 3.27. The molecule has 1 fully saturated rings. The third-order valence-corrected chi connectivity index (χ3v) is 4.07. The lowest BCUT2D eigenvalue weighted by Gasteiger charge is -2.09. The molecule has 106 valence electrons. The van der Waals surface area contributed by atoms with Crippen LogP contribution >= 0.6 is 11.3 Å². The average Bonchev–Trinajstić information content (AvgIpc) is 3.07. The third kappa shape index (κ3) is 2.86. The van der Waals surface area contributed by atoms with E-state index in [0.717, 1.165) is 31.1 Å². The van der Waals surface area contributed by atoms with Gasteiger partial charge in [-0.25, -0.2) is 4.98 Å². The number of nitrogens with zero attached hydrogens (tertiary/aromatic N) is 1. The smallest absolute Gasteiger partial charge is 0.183 e. The maximum absolute atomic E-state index is 9.82. The quantitative estimate of drug-likeness (QED) is 0.808. The van der Waals surface area contributed by atoms with Crippen LogP contribution < -0.4 is 5.32 Å². The molecule has 1 aliphatic heterocycles. The Morgan fingerprint density at radius 2 is 2.30 bits per heavy atom. The van der Waals surface area contributed by atoms with Gasteiger partial charge in [-0.15, -0.1) is 11.3 Å². The summed E-state index contributed by atoms with van der Waals surface area (Å²) < 4.78 is 5.54. The summed E-state index contributed by atoms with van der Waals surface area (Å²) >= 11 is 1.49. The van der Waals surface area contributed by atoms with E-state index in [0.29, 0.717) is 11.3 Å². The number of ether oxygens (including phenoxy) is 1. The Labute approximate surface area is 120 Å². The van der Waals surface area contributed by atoms with Crippen LogP contribution in [0, 0.1) is 0 Å². The number of thiazole rings is 1. The number of anilines is 1. The van der Waals surface area contributed by atoms with E-state index < -0.39 is 0 Å². The zero-order chi connectivity index (χ0) is 13.9. The molecule has 20 heavy (non-hydrogen) atoms. The van der Waals surface area contributed by atoms with E-state index in [1.54, 1.807) is 6.07 Å². The molecule has 2 heterocycles. The molecule has 0 saturated carbocycles. The molecule has 0 radical (unpaired) electrons. The Hall–Kier alpha value is -1.79. The summed E-state index contributed by atoms with van der Waals surface area (Å²) in [6, 6.07) is 4.51. The molecule has 0 amide bonds. The minimum absolute atomic E-state index is 0.0287. The van der Waals surface area contributed by atoms with Gasteiger partial charge in [0.25, 0.3) is 0 Å². The number of aromatic nitrogens is 1. The van der Waals surface area contributed by atoms with Crippen LogP contribution in [0.4, 0.5) is 5.13 Å². The average molecular weight is 292 g/mol. The second kappa shape index (κ2) is 5.68. The molecule has 0 aliphatic carbocycles. The van der Waals surface area contributed by atoms with Crippen molar-refractivity contribution in [2.24, 2.45) is 0 Å². The van der Waals surface area contributed by atoms with E-state index in [-0.39, 0.29) is 17.6 Å². The van der Waals surface area contributed by atoms with E-state index in [1.807, 2.05) is 5.38 Å². The molecule has 3 N–H and O–H groups in total. The van der Waals surface area contributed by atoms with Crippen molar-refractivity contribution in [3.63, 3.8) is 0 Å². The van der Waals surface area contributed by atoms with Crippen LogP contribution in [0.3, 0.4) is 0 Å².